The number of hydrogen-bond acceptors (Lipinski definition) is 3. The largest absolute Gasteiger partial charge is 0.324 e. The monoisotopic (exact) mass is 276 g/mol. The zero-order valence-corrected chi connectivity index (χ0v) is 12.8. The molecule has 1 aromatic heterocycles. The predicted octanol–water partition coefficient (Wildman–Crippen LogP) is 3.04. The van der Waals surface area contributed by atoms with Gasteiger partial charge in [0.1, 0.15) is 5.82 Å². The van der Waals surface area contributed by atoms with E-state index in [2.05, 4.69) is 43.0 Å². The summed E-state index contributed by atoms with van der Waals surface area (Å²) in [5.41, 5.74) is 0.575. The van der Waals surface area contributed by atoms with Crippen LogP contribution in [0.1, 0.15) is 46.4 Å². The molecule has 2 rings (SSSR count). The smallest absolute Gasteiger partial charge is 0.321 e. The van der Waals surface area contributed by atoms with Crippen LogP contribution >= 0.6 is 0 Å². The highest BCUT2D eigenvalue weighted by Crippen LogP contribution is 2.19. The molecule has 110 valence electrons. The van der Waals surface area contributed by atoms with Gasteiger partial charge in [-0.2, -0.15) is 0 Å². The quantitative estimate of drug-likeness (QED) is 0.857. The average molecular weight is 276 g/mol. The fourth-order valence-corrected chi connectivity index (χ4v) is 2.36. The van der Waals surface area contributed by atoms with Crippen molar-refractivity contribution >= 4 is 11.7 Å². The maximum atomic E-state index is 12.2. The molecule has 1 N–H and O–H groups in total. The number of nitrogens with one attached hydrogen (secondary N) is 1. The van der Waals surface area contributed by atoms with Crippen LogP contribution in [0.2, 0.25) is 0 Å². The van der Waals surface area contributed by atoms with Crippen molar-refractivity contribution in [1.29, 1.82) is 0 Å². The Hall–Kier alpha value is -1.65. The summed E-state index contributed by atoms with van der Waals surface area (Å²) in [4.78, 5) is 22.7. The molecule has 0 saturated carbocycles. The minimum Gasteiger partial charge on any atom is -0.324 e. The lowest BCUT2D eigenvalue weighted by atomic mass is 9.96. The summed E-state index contributed by atoms with van der Waals surface area (Å²) in [5.74, 6) is 1.36. The molecule has 0 aromatic carbocycles. The van der Waals surface area contributed by atoms with Gasteiger partial charge in [-0.1, -0.05) is 27.7 Å². The summed E-state index contributed by atoms with van der Waals surface area (Å²) < 4.78 is 0. The van der Waals surface area contributed by atoms with E-state index in [-0.39, 0.29) is 11.4 Å². The first-order valence-corrected chi connectivity index (χ1v) is 7.24. The summed E-state index contributed by atoms with van der Waals surface area (Å²) in [6, 6.07) is -0.0522. The molecule has 0 bridgehead atoms. The van der Waals surface area contributed by atoms with Crippen molar-refractivity contribution < 1.29 is 4.79 Å². The van der Waals surface area contributed by atoms with E-state index in [4.69, 9.17) is 0 Å². The van der Waals surface area contributed by atoms with E-state index in [1.165, 1.54) is 6.42 Å². The Balaban J connectivity index is 1.97. The molecule has 1 saturated heterocycles. The van der Waals surface area contributed by atoms with Crippen molar-refractivity contribution in [2.45, 2.75) is 46.0 Å². The minimum atomic E-state index is -0.0785. The number of carbonyl (C=O) groups is 1. The van der Waals surface area contributed by atoms with Gasteiger partial charge in [0.25, 0.3) is 0 Å². The lowest BCUT2D eigenvalue weighted by Gasteiger charge is -2.30. The van der Waals surface area contributed by atoms with Crippen molar-refractivity contribution in [2.24, 2.45) is 5.92 Å². The zero-order chi connectivity index (χ0) is 14.8. The Labute approximate surface area is 120 Å². The molecular weight excluding hydrogens is 252 g/mol. The number of anilines is 1. The lowest BCUT2D eigenvalue weighted by Crippen LogP contribution is -2.41. The van der Waals surface area contributed by atoms with Gasteiger partial charge in [-0.05, 0) is 18.8 Å². The zero-order valence-electron chi connectivity index (χ0n) is 12.8. The van der Waals surface area contributed by atoms with E-state index >= 15 is 0 Å². The molecule has 0 radical (unpaired) electrons. The van der Waals surface area contributed by atoms with Crippen molar-refractivity contribution in [1.82, 2.24) is 14.9 Å². The summed E-state index contributed by atoms with van der Waals surface area (Å²) >= 11 is 0. The minimum absolute atomic E-state index is 0.0522. The molecule has 20 heavy (non-hydrogen) atoms. The van der Waals surface area contributed by atoms with Crippen LogP contribution in [-0.2, 0) is 5.41 Å². The molecule has 2 amide bonds. The number of aromatic nitrogens is 2. The van der Waals surface area contributed by atoms with Crippen LogP contribution in [-0.4, -0.2) is 34.0 Å². The fourth-order valence-electron chi connectivity index (χ4n) is 2.36. The maximum Gasteiger partial charge on any atom is 0.321 e. The predicted molar refractivity (Wildman–Crippen MR) is 79.7 cm³/mol. The molecule has 5 nitrogen and oxygen atoms in total. The van der Waals surface area contributed by atoms with E-state index in [9.17, 15) is 4.79 Å². The van der Waals surface area contributed by atoms with E-state index in [0.29, 0.717) is 11.6 Å². The van der Waals surface area contributed by atoms with Gasteiger partial charge < -0.3 is 10.2 Å². The van der Waals surface area contributed by atoms with Crippen molar-refractivity contribution in [3.63, 3.8) is 0 Å². The van der Waals surface area contributed by atoms with E-state index in [0.717, 1.165) is 25.3 Å². The van der Waals surface area contributed by atoms with Gasteiger partial charge in [0.05, 0.1) is 18.1 Å². The number of rotatable bonds is 1. The average Bonchev–Trinajstić information content (AvgIpc) is 2.38. The molecule has 5 heteroatoms. The molecule has 0 unspecified atom stereocenters. The first kappa shape index (κ1) is 14.8. The number of urea groups is 1. The van der Waals surface area contributed by atoms with Gasteiger partial charge in [0.2, 0.25) is 0 Å². The van der Waals surface area contributed by atoms with E-state index < -0.39 is 0 Å². The Kier molecular flexibility index (Phi) is 4.26. The highest BCUT2D eigenvalue weighted by Gasteiger charge is 2.21. The van der Waals surface area contributed by atoms with Crippen molar-refractivity contribution in [3.05, 3.63) is 18.2 Å². The van der Waals surface area contributed by atoms with Crippen LogP contribution in [0.15, 0.2) is 12.4 Å². The van der Waals surface area contributed by atoms with E-state index in [1.54, 1.807) is 12.4 Å². The molecule has 1 aromatic rings. The molecule has 1 fully saturated rings. The van der Waals surface area contributed by atoms with Crippen LogP contribution < -0.4 is 5.32 Å². The lowest BCUT2D eigenvalue weighted by molar-refractivity contribution is 0.182. The Bertz CT molecular complexity index is 464. The third-order valence-corrected chi connectivity index (χ3v) is 3.52. The second kappa shape index (κ2) is 5.77. The summed E-state index contributed by atoms with van der Waals surface area (Å²) in [5, 5.41) is 2.87. The molecular formula is C15H24N4O. The van der Waals surface area contributed by atoms with Crippen molar-refractivity contribution in [2.75, 3.05) is 18.4 Å². The van der Waals surface area contributed by atoms with Gasteiger partial charge in [-0.25, -0.2) is 14.8 Å². The van der Waals surface area contributed by atoms with Crippen molar-refractivity contribution in [3.8, 4) is 0 Å². The second-order valence-corrected chi connectivity index (χ2v) is 6.67. The van der Waals surface area contributed by atoms with Crippen LogP contribution in [0.5, 0.6) is 0 Å². The number of piperidine rings is 1. The Morgan fingerprint density at radius 3 is 2.55 bits per heavy atom. The second-order valence-electron chi connectivity index (χ2n) is 6.67. The van der Waals surface area contributed by atoms with E-state index in [1.807, 2.05) is 4.90 Å². The van der Waals surface area contributed by atoms with Gasteiger partial charge in [-0.15, -0.1) is 0 Å². The Morgan fingerprint density at radius 2 is 2.00 bits per heavy atom. The number of hydrogen-bond donors (Lipinski definition) is 1. The maximum absolute atomic E-state index is 12.2. The van der Waals surface area contributed by atoms with Gasteiger partial charge in [0.15, 0.2) is 0 Å². The van der Waals surface area contributed by atoms with Crippen LogP contribution in [0.3, 0.4) is 0 Å². The van der Waals surface area contributed by atoms with Crippen LogP contribution in [0.4, 0.5) is 10.5 Å². The highest BCUT2D eigenvalue weighted by molar-refractivity contribution is 5.89. The van der Waals surface area contributed by atoms with Gasteiger partial charge in [-0.3, -0.25) is 0 Å². The molecule has 1 aliphatic heterocycles. The Morgan fingerprint density at radius 1 is 1.35 bits per heavy atom. The molecule has 1 atom stereocenters. The summed E-state index contributed by atoms with van der Waals surface area (Å²) in [6.45, 7) is 10.0. The highest BCUT2D eigenvalue weighted by atomic mass is 16.2. The first-order chi connectivity index (χ1) is 9.36. The molecule has 2 heterocycles. The standard InChI is InChI=1S/C15H24N4O/c1-11-6-5-7-19(10-11)14(20)18-12-8-16-13(17-9-12)15(2,3)4/h8-9,11H,5-7,10H2,1-4H3,(H,18,20)/t11-/m1/s1. The summed E-state index contributed by atoms with van der Waals surface area (Å²) in [7, 11) is 0. The summed E-state index contributed by atoms with van der Waals surface area (Å²) in [6.07, 6.45) is 5.64. The van der Waals surface area contributed by atoms with Gasteiger partial charge in [0, 0.05) is 18.5 Å². The SMILES string of the molecule is C[C@@H]1CCCN(C(=O)Nc2cnc(C(C)(C)C)nc2)C1. The number of likely N-dealkylation sites (tertiary alicyclic amines) is 1. The number of nitrogens with zero attached hydrogens (tertiary/aromatic N) is 3. The normalized spacial score (nSPS) is 19.8. The fraction of sp³-hybridized carbons (Fsp3) is 0.667. The number of amides is 2. The molecule has 0 aliphatic carbocycles. The molecule has 1 aliphatic rings. The number of carbonyl (C=O) groups excluding carboxylic acids is 1. The first-order valence-electron chi connectivity index (χ1n) is 7.24. The van der Waals surface area contributed by atoms with Crippen LogP contribution in [0.25, 0.3) is 0 Å². The third-order valence-electron chi connectivity index (χ3n) is 3.52. The van der Waals surface area contributed by atoms with Crippen LogP contribution in [0, 0.1) is 5.92 Å². The molecule has 0 spiro atoms. The third kappa shape index (κ3) is 3.68. The van der Waals surface area contributed by atoms with Gasteiger partial charge >= 0.3 is 6.03 Å². The topological polar surface area (TPSA) is 58.1 Å².